The van der Waals surface area contributed by atoms with Gasteiger partial charge in [0.25, 0.3) is 0 Å². The van der Waals surface area contributed by atoms with E-state index < -0.39 is 0 Å². The lowest BCUT2D eigenvalue weighted by atomic mass is 10.1. The molecule has 114 valence electrons. The summed E-state index contributed by atoms with van der Waals surface area (Å²) in [5.41, 5.74) is 7.91. The number of thiazole rings is 1. The van der Waals surface area contributed by atoms with Crippen LogP contribution in [0.2, 0.25) is 0 Å². The van der Waals surface area contributed by atoms with Crippen molar-refractivity contribution in [1.82, 2.24) is 14.3 Å². The highest BCUT2D eigenvalue weighted by Crippen LogP contribution is 2.36. The zero-order chi connectivity index (χ0) is 14.7. The maximum atomic E-state index is 6.01. The number of aryl methyl sites for hydroxylation is 1. The number of anilines is 2. The van der Waals surface area contributed by atoms with Gasteiger partial charge >= 0.3 is 0 Å². The minimum Gasteiger partial charge on any atom is -0.382 e. The van der Waals surface area contributed by atoms with Crippen molar-refractivity contribution in [2.75, 3.05) is 37.2 Å². The van der Waals surface area contributed by atoms with E-state index in [4.69, 9.17) is 5.73 Å². The van der Waals surface area contributed by atoms with Gasteiger partial charge < -0.3 is 16.0 Å². The van der Waals surface area contributed by atoms with Crippen LogP contribution in [0.4, 0.5) is 10.8 Å². The van der Waals surface area contributed by atoms with E-state index in [-0.39, 0.29) is 0 Å². The molecule has 3 N–H and O–H groups in total. The monoisotopic (exact) mass is 323 g/mol. The van der Waals surface area contributed by atoms with Gasteiger partial charge in [0, 0.05) is 18.5 Å². The Morgan fingerprint density at radius 1 is 1.33 bits per heavy atom. The summed E-state index contributed by atoms with van der Waals surface area (Å²) >= 11 is 3.07. The average Bonchev–Trinajstić information content (AvgIpc) is 3.06. The third-order valence-corrected chi connectivity index (χ3v) is 5.35. The molecule has 0 amide bonds. The highest BCUT2D eigenvalue weighted by Gasteiger charge is 2.16. The molecule has 0 unspecified atom stereocenters. The number of hydrogen-bond acceptors (Lipinski definition) is 7. The van der Waals surface area contributed by atoms with Gasteiger partial charge in [-0.1, -0.05) is 6.42 Å². The number of nitrogens with two attached hydrogens (primary N) is 1. The zero-order valence-electron chi connectivity index (χ0n) is 12.3. The van der Waals surface area contributed by atoms with E-state index in [1.807, 2.05) is 12.3 Å². The van der Waals surface area contributed by atoms with E-state index in [2.05, 4.69) is 19.6 Å². The Labute approximate surface area is 133 Å². The van der Waals surface area contributed by atoms with E-state index in [1.165, 1.54) is 43.9 Å². The molecule has 0 bridgehead atoms. The molecule has 1 aliphatic rings. The smallest absolute Gasteiger partial charge is 0.148 e. The first-order chi connectivity index (χ1) is 10.2. The molecule has 21 heavy (non-hydrogen) atoms. The third-order valence-electron chi connectivity index (χ3n) is 3.76. The van der Waals surface area contributed by atoms with Gasteiger partial charge in [-0.25, -0.2) is 4.98 Å². The maximum Gasteiger partial charge on any atom is 0.148 e. The standard InChI is InChI=1S/C14H21N5S2/c1-10-17-11(9-20-10)12-13(15)18-21-14(12)16-5-8-19-6-3-2-4-7-19/h9,16H,2-8H2,1H3,(H2,15,18). The molecule has 7 heteroatoms. The summed E-state index contributed by atoms with van der Waals surface area (Å²) in [7, 11) is 0. The van der Waals surface area contributed by atoms with Crippen LogP contribution in [0, 0.1) is 6.92 Å². The summed E-state index contributed by atoms with van der Waals surface area (Å²) in [5.74, 6) is 0.575. The second-order valence-electron chi connectivity index (χ2n) is 5.35. The Morgan fingerprint density at radius 2 is 2.14 bits per heavy atom. The maximum absolute atomic E-state index is 6.01. The molecule has 0 spiro atoms. The molecule has 1 saturated heterocycles. The van der Waals surface area contributed by atoms with Crippen LogP contribution < -0.4 is 11.1 Å². The van der Waals surface area contributed by atoms with Crippen molar-refractivity contribution in [3.05, 3.63) is 10.4 Å². The molecular weight excluding hydrogens is 302 g/mol. The van der Waals surface area contributed by atoms with Crippen LogP contribution >= 0.6 is 22.9 Å². The van der Waals surface area contributed by atoms with Crippen LogP contribution in [-0.2, 0) is 0 Å². The van der Waals surface area contributed by atoms with Crippen LogP contribution in [-0.4, -0.2) is 40.4 Å². The second-order valence-corrected chi connectivity index (χ2v) is 7.19. The van der Waals surface area contributed by atoms with E-state index in [0.29, 0.717) is 5.82 Å². The Kier molecular flexibility index (Phi) is 4.72. The predicted molar refractivity (Wildman–Crippen MR) is 91.2 cm³/mol. The minimum absolute atomic E-state index is 0.575. The van der Waals surface area contributed by atoms with E-state index in [9.17, 15) is 0 Å². The molecule has 0 aromatic carbocycles. The van der Waals surface area contributed by atoms with Crippen LogP contribution in [0.3, 0.4) is 0 Å². The number of nitrogens with zero attached hydrogens (tertiary/aromatic N) is 3. The van der Waals surface area contributed by atoms with Gasteiger partial charge in [0.1, 0.15) is 10.8 Å². The van der Waals surface area contributed by atoms with Gasteiger partial charge in [0.05, 0.1) is 16.3 Å². The molecule has 1 fully saturated rings. The van der Waals surface area contributed by atoms with Crippen molar-refractivity contribution in [1.29, 1.82) is 0 Å². The lowest BCUT2D eigenvalue weighted by Crippen LogP contribution is -2.33. The predicted octanol–water partition coefficient (Wildman–Crippen LogP) is 3.06. The quantitative estimate of drug-likeness (QED) is 0.885. The van der Waals surface area contributed by atoms with Crippen LogP contribution in [0.5, 0.6) is 0 Å². The Hall–Kier alpha value is -1.18. The van der Waals surface area contributed by atoms with Crippen molar-refractivity contribution in [2.24, 2.45) is 0 Å². The summed E-state index contributed by atoms with van der Waals surface area (Å²) in [6.45, 7) is 6.47. The Balaban J connectivity index is 1.63. The molecule has 5 nitrogen and oxygen atoms in total. The van der Waals surface area contributed by atoms with Crippen molar-refractivity contribution in [3.63, 3.8) is 0 Å². The largest absolute Gasteiger partial charge is 0.382 e. The molecular formula is C14H21N5S2. The first-order valence-corrected chi connectivity index (χ1v) is 9.03. The van der Waals surface area contributed by atoms with Crippen molar-refractivity contribution in [3.8, 4) is 11.3 Å². The first-order valence-electron chi connectivity index (χ1n) is 7.38. The minimum atomic E-state index is 0.575. The number of likely N-dealkylation sites (tertiary alicyclic amines) is 1. The number of aromatic nitrogens is 2. The highest BCUT2D eigenvalue weighted by molar-refractivity contribution is 7.11. The molecule has 3 rings (SSSR count). The van der Waals surface area contributed by atoms with Crippen molar-refractivity contribution >= 4 is 33.7 Å². The fraction of sp³-hybridized carbons (Fsp3) is 0.571. The van der Waals surface area contributed by atoms with E-state index >= 15 is 0 Å². The number of nitrogen functional groups attached to an aromatic ring is 1. The lowest BCUT2D eigenvalue weighted by Gasteiger charge is -2.26. The van der Waals surface area contributed by atoms with Crippen molar-refractivity contribution < 1.29 is 0 Å². The number of rotatable bonds is 5. The summed E-state index contributed by atoms with van der Waals surface area (Å²) in [5, 5.41) is 7.62. The fourth-order valence-electron chi connectivity index (χ4n) is 2.66. The molecule has 0 atom stereocenters. The SMILES string of the molecule is Cc1nc(-c2c(N)nsc2NCCN2CCCCC2)cs1. The summed E-state index contributed by atoms with van der Waals surface area (Å²) in [6, 6.07) is 0. The normalized spacial score (nSPS) is 16.2. The van der Waals surface area contributed by atoms with Crippen LogP contribution in [0.1, 0.15) is 24.3 Å². The molecule has 0 aliphatic carbocycles. The number of nitrogens with one attached hydrogen (secondary N) is 1. The van der Waals surface area contributed by atoms with Gasteiger partial charge in [-0.3, -0.25) is 0 Å². The van der Waals surface area contributed by atoms with E-state index in [1.54, 1.807) is 11.3 Å². The van der Waals surface area contributed by atoms with Gasteiger partial charge in [0.15, 0.2) is 0 Å². The fourth-order valence-corrected chi connectivity index (χ4v) is 4.01. The van der Waals surface area contributed by atoms with Gasteiger partial charge in [-0.05, 0) is 44.4 Å². The molecule has 0 radical (unpaired) electrons. The summed E-state index contributed by atoms with van der Waals surface area (Å²) < 4.78 is 4.28. The van der Waals surface area contributed by atoms with Gasteiger partial charge in [0.2, 0.25) is 0 Å². The van der Waals surface area contributed by atoms with Gasteiger partial charge in [-0.15, -0.1) is 11.3 Å². The average molecular weight is 323 g/mol. The second kappa shape index (κ2) is 6.72. The molecule has 3 heterocycles. The Morgan fingerprint density at radius 3 is 2.86 bits per heavy atom. The summed E-state index contributed by atoms with van der Waals surface area (Å²) in [6.07, 6.45) is 4.04. The number of piperidine rings is 1. The third kappa shape index (κ3) is 3.53. The summed E-state index contributed by atoms with van der Waals surface area (Å²) in [4.78, 5) is 7.05. The number of hydrogen-bond donors (Lipinski definition) is 2. The van der Waals surface area contributed by atoms with Crippen LogP contribution in [0.15, 0.2) is 5.38 Å². The van der Waals surface area contributed by atoms with Crippen LogP contribution in [0.25, 0.3) is 11.3 Å². The molecule has 0 saturated carbocycles. The highest BCUT2D eigenvalue weighted by atomic mass is 32.1. The van der Waals surface area contributed by atoms with Crippen molar-refractivity contribution in [2.45, 2.75) is 26.2 Å². The first kappa shape index (κ1) is 14.7. The lowest BCUT2D eigenvalue weighted by molar-refractivity contribution is 0.237. The molecule has 1 aliphatic heterocycles. The Bertz CT molecular complexity index is 586. The van der Waals surface area contributed by atoms with Gasteiger partial charge in [-0.2, -0.15) is 4.37 Å². The topological polar surface area (TPSA) is 67.1 Å². The zero-order valence-corrected chi connectivity index (χ0v) is 13.9. The van der Waals surface area contributed by atoms with E-state index in [0.717, 1.165) is 34.4 Å². The molecule has 2 aromatic rings. The molecule has 2 aromatic heterocycles.